The molecule has 0 saturated carbocycles. The van der Waals surface area contributed by atoms with Crippen molar-refractivity contribution in [3.05, 3.63) is 83.7 Å². The number of halogens is 1. The van der Waals surface area contributed by atoms with Crippen molar-refractivity contribution >= 4 is 23.4 Å². The van der Waals surface area contributed by atoms with Crippen molar-refractivity contribution in [2.75, 3.05) is 18.2 Å². The Kier molecular flexibility index (Phi) is 7.45. The Balaban J connectivity index is 1.61. The lowest BCUT2D eigenvalue weighted by atomic mass is 9.87. The van der Waals surface area contributed by atoms with Crippen LogP contribution in [0.1, 0.15) is 31.9 Å². The van der Waals surface area contributed by atoms with Gasteiger partial charge in [0.1, 0.15) is 11.6 Å². The molecule has 36 heavy (non-hydrogen) atoms. The van der Waals surface area contributed by atoms with Crippen LogP contribution in [0.2, 0.25) is 0 Å². The van der Waals surface area contributed by atoms with Crippen molar-refractivity contribution in [3.8, 4) is 22.8 Å². The first-order valence-corrected chi connectivity index (χ1v) is 12.5. The zero-order valence-corrected chi connectivity index (χ0v) is 21.8. The van der Waals surface area contributed by atoms with Crippen LogP contribution < -0.4 is 10.1 Å². The molecule has 4 rings (SSSR count). The molecule has 0 unspecified atom stereocenters. The molecule has 1 amide bonds. The maximum absolute atomic E-state index is 13.8. The number of nitrogens with one attached hydrogen (secondary N) is 1. The highest BCUT2D eigenvalue weighted by Crippen LogP contribution is 2.31. The van der Waals surface area contributed by atoms with Gasteiger partial charge in [-0.05, 0) is 59.9 Å². The predicted molar refractivity (Wildman–Crippen MR) is 143 cm³/mol. The molecule has 1 aromatic heterocycles. The molecule has 0 bridgehead atoms. The number of aryl methyl sites for hydroxylation is 1. The fourth-order valence-corrected chi connectivity index (χ4v) is 4.38. The van der Waals surface area contributed by atoms with Crippen molar-refractivity contribution in [1.29, 1.82) is 0 Å². The number of thioether (sulfide) groups is 1. The molecule has 6 nitrogen and oxygen atoms in total. The fourth-order valence-electron chi connectivity index (χ4n) is 3.63. The number of carbonyl (C=O) groups excluding carboxylic acids is 1. The van der Waals surface area contributed by atoms with Gasteiger partial charge in [-0.2, -0.15) is 0 Å². The Bertz CT molecular complexity index is 1360. The summed E-state index contributed by atoms with van der Waals surface area (Å²) in [7, 11) is 1.62. The molecule has 0 aliphatic heterocycles. The number of amides is 1. The van der Waals surface area contributed by atoms with Crippen LogP contribution in [0.3, 0.4) is 0 Å². The van der Waals surface area contributed by atoms with Gasteiger partial charge < -0.3 is 10.1 Å². The number of nitrogens with zero attached hydrogens (tertiary/aromatic N) is 3. The molecule has 0 aliphatic rings. The highest BCUT2D eigenvalue weighted by atomic mass is 32.2. The van der Waals surface area contributed by atoms with E-state index in [1.807, 2.05) is 41.0 Å². The highest BCUT2D eigenvalue weighted by molar-refractivity contribution is 7.99. The summed E-state index contributed by atoms with van der Waals surface area (Å²) in [6, 6.07) is 20.5. The minimum Gasteiger partial charge on any atom is -0.497 e. The number of hydrogen-bond donors (Lipinski definition) is 1. The highest BCUT2D eigenvalue weighted by Gasteiger charge is 2.19. The minimum absolute atomic E-state index is 0.0386. The second kappa shape index (κ2) is 10.5. The lowest BCUT2D eigenvalue weighted by molar-refractivity contribution is -0.113. The number of benzene rings is 3. The van der Waals surface area contributed by atoms with Crippen molar-refractivity contribution in [1.82, 2.24) is 14.8 Å². The number of rotatable bonds is 7. The van der Waals surface area contributed by atoms with Crippen LogP contribution in [0.25, 0.3) is 17.1 Å². The van der Waals surface area contributed by atoms with Gasteiger partial charge in [-0.3, -0.25) is 9.36 Å². The van der Waals surface area contributed by atoms with E-state index in [1.54, 1.807) is 26.2 Å². The standard InChI is InChI=1S/C28H29FN4O2S/c1-18-6-11-21(16-24(18)29)30-25(34)17-36-27-32-31-26(19-7-9-20(10-8-19)28(2,3)4)33(27)22-12-14-23(35-5)15-13-22/h6-16H,17H2,1-5H3,(H,30,34). The lowest BCUT2D eigenvalue weighted by Crippen LogP contribution is -2.14. The van der Waals surface area contributed by atoms with Crippen molar-refractivity contribution < 1.29 is 13.9 Å². The number of methoxy groups -OCH3 is 1. The van der Waals surface area contributed by atoms with E-state index in [-0.39, 0.29) is 22.9 Å². The van der Waals surface area contributed by atoms with Gasteiger partial charge in [-0.15, -0.1) is 10.2 Å². The van der Waals surface area contributed by atoms with Crippen LogP contribution in [0.5, 0.6) is 5.75 Å². The van der Waals surface area contributed by atoms with Gasteiger partial charge in [-0.25, -0.2) is 4.39 Å². The van der Waals surface area contributed by atoms with E-state index in [1.165, 1.54) is 23.4 Å². The van der Waals surface area contributed by atoms with Gasteiger partial charge in [0.15, 0.2) is 11.0 Å². The van der Waals surface area contributed by atoms with E-state index in [0.717, 1.165) is 17.0 Å². The summed E-state index contributed by atoms with van der Waals surface area (Å²) < 4.78 is 21.1. The lowest BCUT2D eigenvalue weighted by Gasteiger charge is -2.19. The number of hydrogen-bond acceptors (Lipinski definition) is 5. The molecule has 1 N–H and O–H groups in total. The number of carbonyl (C=O) groups is 1. The number of ether oxygens (including phenoxy) is 1. The van der Waals surface area contributed by atoms with E-state index in [0.29, 0.717) is 22.2 Å². The third-order valence-electron chi connectivity index (χ3n) is 5.76. The van der Waals surface area contributed by atoms with Crippen molar-refractivity contribution in [3.63, 3.8) is 0 Å². The molecule has 0 saturated heterocycles. The Morgan fingerprint density at radius 1 is 1.03 bits per heavy atom. The van der Waals surface area contributed by atoms with E-state index >= 15 is 0 Å². The smallest absolute Gasteiger partial charge is 0.234 e. The first kappa shape index (κ1) is 25.4. The molecular weight excluding hydrogens is 475 g/mol. The fraction of sp³-hybridized carbons (Fsp3) is 0.250. The van der Waals surface area contributed by atoms with E-state index in [4.69, 9.17) is 4.74 Å². The number of anilines is 1. The van der Waals surface area contributed by atoms with Crippen LogP contribution in [0, 0.1) is 12.7 Å². The largest absolute Gasteiger partial charge is 0.497 e. The SMILES string of the molecule is COc1ccc(-n2c(SCC(=O)Nc3ccc(C)c(F)c3)nnc2-c2ccc(C(C)(C)C)cc2)cc1. The first-order chi connectivity index (χ1) is 17.2. The topological polar surface area (TPSA) is 69.0 Å². The van der Waals surface area contributed by atoms with Gasteiger partial charge in [-0.1, -0.05) is 62.9 Å². The van der Waals surface area contributed by atoms with E-state index < -0.39 is 0 Å². The molecule has 0 atom stereocenters. The Morgan fingerprint density at radius 3 is 2.33 bits per heavy atom. The summed E-state index contributed by atoms with van der Waals surface area (Å²) in [5, 5.41) is 12.2. The molecule has 3 aromatic carbocycles. The van der Waals surface area contributed by atoms with Crippen LogP contribution in [0.4, 0.5) is 10.1 Å². The number of aromatic nitrogens is 3. The summed E-state index contributed by atoms with van der Waals surface area (Å²) >= 11 is 1.26. The summed E-state index contributed by atoms with van der Waals surface area (Å²) in [6.45, 7) is 8.20. The second-order valence-electron chi connectivity index (χ2n) is 9.47. The third-order valence-corrected chi connectivity index (χ3v) is 6.69. The average molecular weight is 505 g/mol. The summed E-state index contributed by atoms with van der Waals surface area (Å²) in [6.07, 6.45) is 0. The van der Waals surface area contributed by atoms with Crippen molar-refractivity contribution in [2.45, 2.75) is 38.3 Å². The summed E-state index contributed by atoms with van der Waals surface area (Å²) in [4.78, 5) is 12.6. The van der Waals surface area contributed by atoms with Crippen LogP contribution in [0.15, 0.2) is 71.9 Å². The van der Waals surface area contributed by atoms with Gasteiger partial charge in [0, 0.05) is 16.9 Å². The van der Waals surface area contributed by atoms with Gasteiger partial charge in [0.2, 0.25) is 5.91 Å². The quantitative estimate of drug-likeness (QED) is 0.294. The minimum atomic E-state index is -0.359. The molecule has 0 fully saturated rings. The zero-order chi connectivity index (χ0) is 25.9. The molecule has 4 aromatic rings. The molecule has 8 heteroatoms. The van der Waals surface area contributed by atoms with E-state index in [2.05, 4.69) is 48.4 Å². The first-order valence-electron chi connectivity index (χ1n) is 11.6. The zero-order valence-electron chi connectivity index (χ0n) is 21.0. The predicted octanol–water partition coefficient (Wildman–Crippen LogP) is 6.42. The average Bonchev–Trinajstić information content (AvgIpc) is 3.28. The Labute approximate surface area is 214 Å². The summed E-state index contributed by atoms with van der Waals surface area (Å²) in [5.41, 5.74) is 3.97. The van der Waals surface area contributed by atoms with Gasteiger partial charge in [0.25, 0.3) is 0 Å². The maximum Gasteiger partial charge on any atom is 0.234 e. The maximum atomic E-state index is 13.8. The molecule has 0 aliphatic carbocycles. The molecule has 0 radical (unpaired) electrons. The molecule has 0 spiro atoms. The normalized spacial score (nSPS) is 11.4. The van der Waals surface area contributed by atoms with Gasteiger partial charge >= 0.3 is 0 Å². The molecular formula is C28H29FN4O2S. The van der Waals surface area contributed by atoms with E-state index in [9.17, 15) is 9.18 Å². The van der Waals surface area contributed by atoms with Gasteiger partial charge in [0.05, 0.1) is 12.9 Å². The van der Waals surface area contributed by atoms with Crippen LogP contribution in [-0.4, -0.2) is 33.5 Å². The third kappa shape index (κ3) is 5.76. The van der Waals surface area contributed by atoms with Crippen LogP contribution in [-0.2, 0) is 10.2 Å². The molecule has 1 heterocycles. The molecule has 186 valence electrons. The monoisotopic (exact) mass is 504 g/mol. The Hall–Kier alpha value is -3.65. The summed E-state index contributed by atoms with van der Waals surface area (Å²) in [5.74, 6) is 0.878. The van der Waals surface area contributed by atoms with Crippen LogP contribution >= 0.6 is 11.8 Å². The second-order valence-corrected chi connectivity index (χ2v) is 10.4. The van der Waals surface area contributed by atoms with Crippen molar-refractivity contribution in [2.24, 2.45) is 0 Å². The Morgan fingerprint density at radius 2 is 1.72 bits per heavy atom.